The van der Waals surface area contributed by atoms with E-state index in [0.717, 1.165) is 40.3 Å². The molecule has 0 unspecified atom stereocenters. The van der Waals surface area contributed by atoms with Gasteiger partial charge in [-0.2, -0.15) is 5.10 Å². The summed E-state index contributed by atoms with van der Waals surface area (Å²) in [6.45, 7) is 2.60. The van der Waals surface area contributed by atoms with Crippen LogP contribution in [0.15, 0.2) is 71.8 Å². The summed E-state index contributed by atoms with van der Waals surface area (Å²) in [5.74, 6) is 2.97. The molecule has 0 N–H and O–H groups in total. The van der Waals surface area contributed by atoms with Crippen molar-refractivity contribution in [3.8, 4) is 23.0 Å². The third-order valence-corrected chi connectivity index (χ3v) is 5.88. The number of hydrazone groups is 1. The number of nitrogens with zero attached hydrogens (tertiary/aromatic N) is 2. The van der Waals surface area contributed by atoms with Gasteiger partial charge < -0.3 is 18.9 Å². The number of para-hydroxylation sites is 1. The van der Waals surface area contributed by atoms with E-state index in [1.807, 2.05) is 60.5 Å². The summed E-state index contributed by atoms with van der Waals surface area (Å²) in [6.07, 6.45) is 0.329. The van der Waals surface area contributed by atoms with Gasteiger partial charge >= 0.3 is 0 Å². The van der Waals surface area contributed by atoms with E-state index in [9.17, 15) is 0 Å². The van der Waals surface area contributed by atoms with E-state index >= 15 is 0 Å². The molecule has 5 rings (SSSR count). The second-order valence-electron chi connectivity index (χ2n) is 7.70. The van der Waals surface area contributed by atoms with Gasteiger partial charge in [-0.1, -0.05) is 36.4 Å². The van der Waals surface area contributed by atoms with Crippen molar-refractivity contribution in [1.29, 1.82) is 0 Å². The Morgan fingerprint density at radius 1 is 0.969 bits per heavy atom. The quantitative estimate of drug-likeness (QED) is 0.528. The standard InChI is InChI=1S/C26H26N2O4/c1-4-31-18-13-14-23-20(15-18)22-16-21(17-9-6-5-7-10-17)27-28(22)26(32-23)19-11-8-12-24(29-2)25(19)30-3/h5-15,22,26H,4,16H2,1-3H3/t22-,26+/m0/s1. The van der Waals surface area contributed by atoms with Crippen LogP contribution in [-0.4, -0.2) is 31.5 Å². The Kier molecular flexibility index (Phi) is 5.35. The fourth-order valence-corrected chi connectivity index (χ4v) is 4.44. The molecule has 0 fully saturated rings. The van der Waals surface area contributed by atoms with E-state index in [1.165, 1.54) is 0 Å². The van der Waals surface area contributed by atoms with Crippen molar-refractivity contribution in [2.45, 2.75) is 25.6 Å². The summed E-state index contributed by atoms with van der Waals surface area (Å²) >= 11 is 0. The number of rotatable bonds is 6. The van der Waals surface area contributed by atoms with Crippen molar-refractivity contribution in [2.24, 2.45) is 5.10 Å². The normalized spacial score (nSPS) is 18.8. The van der Waals surface area contributed by atoms with Crippen molar-refractivity contribution in [3.63, 3.8) is 0 Å². The van der Waals surface area contributed by atoms with Crippen molar-refractivity contribution in [3.05, 3.63) is 83.4 Å². The summed E-state index contributed by atoms with van der Waals surface area (Å²) in [7, 11) is 3.28. The number of methoxy groups -OCH3 is 2. The molecule has 0 saturated heterocycles. The Morgan fingerprint density at radius 2 is 1.81 bits per heavy atom. The monoisotopic (exact) mass is 430 g/mol. The molecule has 2 heterocycles. The molecule has 0 aromatic heterocycles. The zero-order valence-electron chi connectivity index (χ0n) is 18.4. The average Bonchev–Trinajstić information content (AvgIpc) is 3.30. The molecule has 3 aromatic carbocycles. The van der Waals surface area contributed by atoms with Crippen LogP contribution < -0.4 is 18.9 Å². The molecule has 3 aromatic rings. The highest BCUT2D eigenvalue weighted by atomic mass is 16.5. The molecule has 0 saturated carbocycles. The van der Waals surface area contributed by atoms with Gasteiger partial charge in [-0.05, 0) is 42.8 Å². The Bertz CT molecular complexity index is 1150. The van der Waals surface area contributed by atoms with Gasteiger partial charge in [0.05, 0.1) is 38.1 Å². The predicted octanol–water partition coefficient (Wildman–Crippen LogP) is 5.34. The molecule has 6 nitrogen and oxygen atoms in total. The lowest BCUT2D eigenvalue weighted by Gasteiger charge is -2.38. The second kappa shape index (κ2) is 8.46. The van der Waals surface area contributed by atoms with Crippen LogP contribution >= 0.6 is 0 Å². The van der Waals surface area contributed by atoms with E-state index in [1.54, 1.807) is 14.2 Å². The molecule has 6 heteroatoms. The van der Waals surface area contributed by atoms with Crippen LogP contribution in [0, 0.1) is 0 Å². The van der Waals surface area contributed by atoms with Crippen LogP contribution in [0.2, 0.25) is 0 Å². The van der Waals surface area contributed by atoms with Gasteiger partial charge in [0, 0.05) is 12.0 Å². The highest BCUT2D eigenvalue weighted by molar-refractivity contribution is 6.01. The average molecular weight is 431 g/mol. The predicted molar refractivity (Wildman–Crippen MR) is 123 cm³/mol. The van der Waals surface area contributed by atoms with Crippen molar-refractivity contribution in [1.82, 2.24) is 5.01 Å². The molecule has 0 spiro atoms. The first-order valence-corrected chi connectivity index (χ1v) is 10.8. The van der Waals surface area contributed by atoms with E-state index in [-0.39, 0.29) is 6.04 Å². The van der Waals surface area contributed by atoms with Gasteiger partial charge in [0.15, 0.2) is 11.5 Å². The number of fused-ring (bicyclic) bond motifs is 3. The van der Waals surface area contributed by atoms with Gasteiger partial charge in [0.25, 0.3) is 0 Å². The van der Waals surface area contributed by atoms with Crippen LogP contribution in [0.4, 0.5) is 0 Å². The summed E-state index contributed by atoms with van der Waals surface area (Å²) in [5, 5.41) is 7.07. The molecule has 164 valence electrons. The molecular formula is C26H26N2O4. The molecule has 32 heavy (non-hydrogen) atoms. The maximum absolute atomic E-state index is 6.52. The number of hydrogen-bond donors (Lipinski definition) is 0. The van der Waals surface area contributed by atoms with Crippen LogP contribution in [-0.2, 0) is 0 Å². The maximum Gasteiger partial charge on any atom is 0.217 e. The van der Waals surface area contributed by atoms with E-state index in [4.69, 9.17) is 24.0 Å². The minimum absolute atomic E-state index is 0.0234. The third kappa shape index (κ3) is 3.42. The van der Waals surface area contributed by atoms with E-state index < -0.39 is 6.23 Å². The molecule has 2 aliphatic heterocycles. The molecular weight excluding hydrogens is 404 g/mol. The van der Waals surface area contributed by atoms with Gasteiger partial charge in [0.1, 0.15) is 11.5 Å². The number of ether oxygens (including phenoxy) is 4. The SMILES string of the molecule is CCOc1ccc2c(c1)[C@@H]1CC(c3ccccc3)=NN1[C@@H](c1cccc(OC)c1OC)O2. The molecule has 0 amide bonds. The lowest BCUT2D eigenvalue weighted by molar-refractivity contribution is -0.0206. The summed E-state index contributed by atoms with van der Waals surface area (Å²) in [6, 6.07) is 22.1. The molecule has 0 radical (unpaired) electrons. The van der Waals surface area contributed by atoms with Crippen LogP contribution in [0.3, 0.4) is 0 Å². The Hall–Kier alpha value is -3.67. The second-order valence-corrected chi connectivity index (χ2v) is 7.70. The molecule has 0 aliphatic carbocycles. The summed E-state index contributed by atoms with van der Waals surface area (Å²) < 4.78 is 23.5. The first-order valence-electron chi connectivity index (χ1n) is 10.8. The fourth-order valence-electron chi connectivity index (χ4n) is 4.44. The number of benzene rings is 3. The first kappa shape index (κ1) is 20.2. The van der Waals surface area contributed by atoms with Crippen molar-refractivity contribution in [2.75, 3.05) is 20.8 Å². The fraction of sp³-hybridized carbons (Fsp3) is 0.269. The smallest absolute Gasteiger partial charge is 0.217 e. The largest absolute Gasteiger partial charge is 0.494 e. The Morgan fingerprint density at radius 3 is 2.56 bits per heavy atom. The van der Waals surface area contributed by atoms with Crippen LogP contribution in [0.5, 0.6) is 23.0 Å². The minimum atomic E-state index is -0.447. The summed E-state index contributed by atoms with van der Waals surface area (Å²) in [4.78, 5) is 0. The maximum atomic E-state index is 6.52. The molecule has 2 atom stereocenters. The highest BCUT2D eigenvalue weighted by Gasteiger charge is 2.42. The van der Waals surface area contributed by atoms with Gasteiger partial charge in [-0.15, -0.1) is 0 Å². The van der Waals surface area contributed by atoms with Gasteiger partial charge in [0.2, 0.25) is 6.23 Å². The molecule has 0 bridgehead atoms. The van der Waals surface area contributed by atoms with E-state index in [2.05, 4.69) is 18.2 Å². The van der Waals surface area contributed by atoms with Gasteiger partial charge in [-0.25, -0.2) is 5.01 Å². The topological polar surface area (TPSA) is 52.5 Å². The molecule has 2 aliphatic rings. The zero-order chi connectivity index (χ0) is 22.1. The first-order chi connectivity index (χ1) is 15.7. The Labute approximate surface area is 188 Å². The third-order valence-electron chi connectivity index (χ3n) is 5.88. The van der Waals surface area contributed by atoms with Gasteiger partial charge in [-0.3, -0.25) is 0 Å². The zero-order valence-corrected chi connectivity index (χ0v) is 18.4. The lowest BCUT2D eigenvalue weighted by atomic mass is 9.95. The Balaban J connectivity index is 1.63. The number of hydrogen-bond acceptors (Lipinski definition) is 6. The highest BCUT2D eigenvalue weighted by Crippen LogP contribution is 2.50. The van der Waals surface area contributed by atoms with Crippen molar-refractivity contribution < 1.29 is 18.9 Å². The lowest BCUT2D eigenvalue weighted by Crippen LogP contribution is -2.34. The summed E-state index contributed by atoms with van der Waals surface area (Å²) in [5.41, 5.74) is 4.08. The van der Waals surface area contributed by atoms with Crippen molar-refractivity contribution >= 4 is 5.71 Å². The van der Waals surface area contributed by atoms with Crippen LogP contribution in [0.25, 0.3) is 0 Å². The van der Waals surface area contributed by atoms with E-state index in [0.29, 0.717) is 18.1 Å². The minimum Gasteiger partial charge on any atom is -0.494 e. The van der Waals surface area contributed by atoms with Crippen LogP contribution in [0.1, 0.15) is 42.3 Å².